The molecule has 1 aromatic rings. The van der Waals surface area contributed by atoms with Crippen LogP contribution in [0.4, 0.5) is 0 Å². The maximum atomic E-state index is 12.2. The minimum absolute atomic E-state index is 0.0142. The van der Waals surface area contributed by atoms with Crippen molar-refractivity contribution in [1.29, 1.82) is 0 Å². The van der Waals surface area contributed by atoms with Crippen LogP contribution in [0, 0.1) is 0 Å². The molecule has 1 saturated carbocycles. The second-order valence-electron chi connectivity index (χ2n) is 6.11. The van der Waals surface area contributed by atoms with E-state index < -0.39 is 5.97 Å². The van der Waals surface area contributed by atoms with Crippen molar-refractivity contribution < 1.29 is 33.2 Å². The van der Waals surface area contributed by atoms with Crippen LogP contribution >= 0.6 is 0 Å². The molecular formula is C20H28O7. The van der Waals surface area contributed by atoms with Gasteiger partial charge in [0.05, 0.1) is 41.1 Å². The molecule has 1 aliphatic carbocycles. The molecule has 0 spiro atoms. The third-order valence-electron chi connectivity index (χ3n) is 4.56. The fraction of sp³-hybridized carbons (Fsp3) is 0.550. The molecule has 0 aliphatic heterocycles. The van der Waals surface area contributed by atoms with E-state index in [1.807, 2.05) is 0 Å². The predicted octanol–water partition coefficient (Wildman–Crippen LogP) is 3.62. The molecule has 7 heteroatoms. The van der Waals surface area contributed by atoms with Gasteiger partial charge in [-0.3, -0.25) is 0 Å². The number of carbonyl (C=O) groups is 1. The van der Waals surface area contributed by atoms with E-state index in [0.29, 0.717) is 34.3 Å². The summed E-state index contributed by atoms with van der Waals surface area (Å²) in [4.78, 5) is 12.2. The topological polar surface area (TPSA) is 72.5 Å². The van der Waals surface area contributed by atoms with Crippen LogP contribution in [0.5, 0.6) is 28.7 Å². The average Bonchev–Trinajstić information content (AvgIpc) is 2.70. The van der Waals surface area contributed by atoms with Gasteiger partial charge in [-0.05, 0) is 31.8 Å². The molecular weight excluding hydrogens is 352 g/mol. The Balaban J connectivity index is 2.39. The van der Waals surface area contributed by atoms with Crippen LogP contribution in [-0.4, -0.2) is 47.6 Å². The first-order valence-corrected chi connectivity index (χ1v) is 8.93. The highest BCUT2D eigenvalue weighted by Crippen LogP contribution is 2.53. The maximum Gasteiger partial charge on any atom is 0.331 e. The summed E-state index contributed by atoms with van der Waals surface area (Å²) >= 11 is 0. The average molecular weight is 380 g/mol. The number of esters is 1. The van der Waals surface area contributed by atoms with Gasteiger partial charge in [0.15, 0.2) is 11.5 Å². The fourth-order valence-electron chi connectivity index (χ4n) is 3.31. The first kappa shape index (κ1) is 20.7. The Kier molecular flexibility index (Phi) is 7.64. The molecule has 0 N–H and O–H groups in total. The van der Waals surface area contributed by atoms with Crippen LogP contribution in [0.2, 0.25) is 0 Å². The summed E-state index contributed by atoms with van der Waals surface area (Å²) in [5, 5.41) is 0. The number of hydrogen-bond acceptors (Lipinski definition) is 7. The van der Waals surface area contributed by atoms with Gasteiger partial charge in [0.25, 0.3) is 0 Å². The van der Waals surface area contributed by atoms with Gasteiger partial charge in [-0.15, -0.1) is 0 Å². The normalized spacial score (nSPS) is 14.7. The van der Waals surface area contributed by atoms with Gasteiger partial charge < -0.3 is 28.4 Å². The van der Waals surface area contributed by atoms with E-state index in [4.69, 9.17) is 28.4 Å². The Hall–Kier alpha value is -2.57. The van der Waals surface area contributed by atoms with Gasteiger partial charge in [-0.25, -0.2) is 4.79 Å². The van der Waals surface area contributed by atoms with Gasteiger partial charge in [-0.1, -0.05) is 6.42 Å². The highest BCUT2D eigenvalue weighted by atomic mass is 16.6. The molecule has 2 rings (SSSR count). The largest absolute Gasteiger partial charge is 0.492 e. The van der Waals surface area contributed by atoms with Crippen molar-refractivity contribution in [2.45, 2.75) is 38.2 Å². The minimum atomic E-state index is -0.403. The van der Waals surface area contributed by atoms with Crippen molar-refractivity contribution in [3.63, 3.8) is 0 Å². The molecule has 1 fully saturated rings. The summed E-state index contributed by atoms with van der Waals surface area (Å²) in [5.41, 5.74) is 0.495. The maximum absolute atomic E-state index is 12.2. The van der Waals surface area contributed by atoms with Crippen molar-refractivity contribution in [2.24, 2.45) is 0 Å². The first-order valence-electron chi connectivity index (χ1n) is 8.93. The highest BCUT2D eigenvalue weighted by molar-refractivity contribution is 5.90. The van der Waals surface area contributed by atoms with Crippen molar-refractivity contribution in [3.8, 4) is 28.7 Å². The molecule has 1 aliphatic rings. The summed E-state index contributed by atoms with van der Waals surface area (Å²) in [5.74, 6) is 1.37. The fourth-order valence-corrected chi connectivity index (χ4v) is 3.31. The summed E-state index contributed by atoms with van der Waals surface area (Å²) in [7, 11) is 7.49. The highest BCUT2D eigenvalue weighted by Gasteiger charge is 2.27. The SMILES string of the molecule is COc1c(C=CC(=O)OC2CCCCC2)c(OC)c(OC)c(OC)c1OC. The molecule has 0 atom stereocenters. The lowest BCUT2D eigenvalue weighted by molar-refractivity contribution is -0.144. The van der Waals surface area contributed by atoms with Crippen LogP contribution in [0.1, 0.15) is 37.7 Å². The summed E-state index contributed by atoms with van der Waals surface area (Å²) in [6.45, 7) is 0. The van der Waals surface area contributed by atoms with Gasteiger partial charge in [0, 0.05) is 6.08 Å². The lowest BCUT2D eigenvalue weighted by Crippen LogP contribution is -2.19. The summed E-state index contributed by atoms with van der Waals surface area (Å²) < 4.78 is 32.8. The third-order valence-corrected chi connectivity index (χ3v) is 4.56. The summed E-state index contributed by atoms with van der Waals surface area (Å²) in [6, 6.07) is 0. The minimum Gasteiger partial charge on any atom is -0.492 e. The number of methoxy groups -OCH3 is 5. The van der Waals surface area contributed by atoms with E-state index in [0.717, 1.165) is 25.7 Å². The number of benzene rings is 1. The van der Waals surface area contributed by atoms with Crippen molar-refractivity contribution in [2.75, 3.05) is 35.5 Å². The first-order chi connectivity index (χ1) is 13.1. The van der Waals surface area contributed by atoms with Crippen LogP contribution in [-0.2, 0) is 9.53 Å². The second-order valence-corrected chi connectivity index (χ2v) is 6.11. The van der Waals surface area contributed by atoms with Gasteiger partial charge in [0.1, 0.15) is 6.10 Å². The van der Waals surface area contributed by atoms with Crippen LogP contribution in [0.3, 0.4) is 0 Å². The standard InChI is InChI=1S/C20H28O7/c1-22-16-14(11-12-15(21)27-13-9-7-6-8-10-13)17(23-2)19(25-4)20(26-5)18(16)24-3/h11-13H,6-10H2,1-5H3. The zero-order valence-electron chi connectivity index (χ0n) is 16.6. The molecule has 7 nitrogen and oxygen atoms in total. The zero-order valence-corrected chi connectivity index (χ0v) is 16.6. The molecule has 0 aromatic heterocycles. The van der Waals surface area contributed by atoms with Crippen molar-refractivity contribution in [3.05, 3.63) is 11.6 Å². The number of rotatable bonds is 8. The van der Waals surface area contributed by atoms with E-state index in [9.17, 15) is 4.79 Å². The van der Waals surface area contributed by atoms with E-state index >= 15 is 0 Å². The van der Waals surface area contributed by atoms with Crippen molar-refractivity contribution >= 4 is 12.0 Å². The van der Waals surface area contributed by atoms with Gasteiger partial charge in [0.2, 0.25) is 17.2 Å². The zero-order chi connectivity index (χ0) is 19.8. The van der Waals surface area contributed by atoms with E-state index in [1.54, 1.807) is 6.08 Å². The Morgan fingerprint density at radius 1 is 0.741 bits per heavy atom. The molecule has 1 aromatic carbocycles. The van der Waals surface area contributed by atoms with Crippen LogP contribution in [0.15, 0.2) is 6.08 Å². The third kappa shape index (κ3) is 4.59. The molecule has 0 bridgehead atoms. The number of hydrogen-bond donors (Lipinski definition) is 0. The van der Waals surface area contributed by atoms with E-state index in [2.05, 4.69) is 0 Å². The predicted molar refractivity (Wildman–Crippen MR) is 101 cm³/mol. The molecule has 27 heavy (non-hydrogen) atoms. The lowest BCUT2D eigenvalue weighted by atomic mass is 9.98. The molecule has 0 heterocycles. The number of ether oxygens (including phenoxy) is 6. The Morgan fingerprint density at radius 3 is 1.63 bits per heavy atom. The molecule has 0 amide bonds. The molecule has 0 radical (unpaired) electrons. The van der Waals surface area contributed by atoms with E-state index in [1.165, 1.54) is 48.0 Å². The Labute approximate surface area is 160 Å². The van der Waals surface area contributed by atoms with Crippen LogP contribution < -0.4 is 23.7 Å². The smallest absolute Gasteiger partial charge is 0.331 e. The quantitative estimate of drug-likeness (QED) is 0.504. The molecule has 0 unspecified atom stereocenters. The van der Waals surface area contributed by atoms with Crippen molar-refractivity contribution in [1.82, 2.24) is 0 Å². The Bertz CT molecular complexity index is 642. The van der Waals surface area contributed by atoms with Gasteiger partial charge >= 0.3 is 5.97 Å². The summed E-state index contributed by atoms with van der Waals surface area (Å²) in [6.07, 6.45) is 8.14. The molecule has 150 valence electrons. The number of carbonyl (C=O) groups excluding carboxylic acids is 1. The van der Waals surface area contributed by atoms with Crippen LogP contribution in [0.25, 0.3) is 6.08 Å². The monoisotopic (exact) mass is 380 g/mol. The Morgan fingerprint density at radius 2 is 1.19 bits per heavy atom. The van der Waals surface area contributed by atoms with Gasteiger partial charge in [-0.2, -0.15) is 0 Å². The second kappa shape index (κ2) is 9.94. The molecule has 0 saturated heterocycles. The lowest BCUT2D eigenvalue weighted by Gasteiger charge is -2.21. The van der Waals surface area contributed by atoms with E-state index in [-0.39, 0.29) is 6.10 Å².